The Morgan fingerprint density at radius 3 is 2.48 bits per heavy atom. The van der Waals surface area contributed by atoms with Crippen molar-refractivity contribution >= 4 is 44.9 Å². The number of carbonyl (C=O) groups excluding carboxylic acids is 2. The number of urea groups is 1. The summed E-state index contributed by atoms with van der Waals surface area (Å²) in [5.74, 6) is -0.0825. The predicted octanol–water partition coefficient (Wildman–Crippen LogP) is 3.21. The smallest absolute Gasteiger partial charge is 0.321 e. The number of nitrogens with one attached hydrogen (secondary N) is 2. The molecule has 4 rings (SSSR count). The summed E-state index contributed by atoms with van der Waals surface area (Å²) in [6.45, 7) is 6.28. The van der Waals surface area contributed by atoms with Crippen molar-refractivity contribution in [1.82, 2.24) is 9.21 Å². The third-order valence-electron chi connectivity index (χ3n) is 5.87. The first-order chi connectivity index (χ1) is 15.6. The summed E-state index contributed by atoms with van der Waals surface area (Å²) in [5.41, 5.74) is 3.23. The van der Waals surface area contributed by atoms with Crippen LogP contribution in [0.15, 0.2) is 35.2 Å². The fourth-order valence-corrected chi connectivity index (χ4v) is 5.64. The van der Waals surface area contributed by atoms with E-state index in [1.165, 1.54) is 16.4 Å². The number of piperazine rings is 1. The van der Waals surface area contributed by atoms with E-state index in [0.717, 1.165) is 11.1 Å². The van der Waals surface area contributed by atoms with Crippen LogP contribution in [0.25, 0.3) is 0 Å². The van der Waals surface area contributed by atoms with Crippen molar-refractivity contribution in [2.24, 2.45) is 0 Å². The standard InChI is InChI=1S/C22H25ClN4O5S/c1-13-4-5-16(10-14(13)2)24-22(29)26-6-8-27(9-7-26)33(30,31)20-12-19-18(11-17(20)23)25-21(28)15(3)32-19/h4-5,10-12,15H,6-9H2,1-3H3,(H,24,29)(H,25,28)/t15-/m1/s1. The molecule has 1 atom stereocenters. The molecule has 0 spiro atoms. The van der Waals surface area contributed by atoms with Gasteiger partial charge in [-0.2, -0.15) is 4.31 Å². The van der Waals surface area contributed by atoms with Crippen LogP contribution in [0.4, 0.5) is 16.2 Å². The van der Waals surface area contributed by atoms with Gasteiger partial charge >= 0.3 is 6.03 Å². The zero-order chi connectivity index (χ0) is 23.9. The molecular weight excluding hydrogens is 468 g/mol. The molecule has 2 aliphatic rings. The molecule has 0 aromatic heterocycles. The molecule has 0 radical (unpaired) electrons. The van der Waals surface area contributed by atoms with E-state index in [1.807, 2.05) is 32.0 Å². The molecule has 0 saturated carbocycles. The van der Waals surface area contributed by atoms with E-state index in [-0.39, 0.29) is 53.8 Å². The van der Waals surface area contributed by atoms with E-state index in [4.69, 9.17) is 16.3 Å². The first-order valence-corrected chi connectivity index (χ1v) is 12.3. The third-order valence-corrected chi connectivity index (χ3v) is 8.23. The Balaban J connectivity index is 1.45. The highest BCUT2D eigenvalue weighted by molar-refractivity contribution is 7.89. The predicted molar refractivity (Wildman–Crippen MR) is 125 cm³/mol. The lowest BCUT2D eigenvalue weighted by Gasteiger charge is -2.34. The van der Waals surface area contributed by atoms with Crippen molar-refractivity contribution in [2.75, 3.05) is 36.8 Å². The highest BCUT2D eigenvalue weighted by atomic mass is 35.5. The lowest BCUT2D eigenvalue weighted by atomic mass is 10.1. The molecular formula is C22H25ClN4O5S. The van der Waals surface area contributed by atoms with Gasteiger partial charge in [0, 0.05) is 37.9 Å². The molecule has 2 N–H and O–H groups in total. The zero-order valence-corrected chi connectivity index (χ0v) is 20.1. The van der Waals surface area contributed by atoms with Gasteiger partial charge in [0.1, 0.15) is 10.6 Å². The number of sulfonamides is 1. The first-order valence-electron chi connectivity index (χ1n) is 10.5. The summed E-state index contributed by atoms with van der Waals surface area (Å²) >= 11 is 6.26. The minimum absolute atomic E-state index is 0.0119. The topological polar surface area (TPSA) is 108 Å². The van der Waals surface area contributed by atoms with Crippen molar-refractivity contribution in [3.05, 3.63) is 46.5 Å². The Labute approximate surface area is 197 Å². The first kappa shape index (κ1) is 23.3. The van der Waals surface area contributed by atoms with Crippen molar-refractivity contribution in [1.29, 1.82) is 0 Å². The van der Waals surface area contributed by atoms with E-state index in [9.17, 15) is 18.0 Å². The summed E-state index contributed by atoms with van der Waals surface area (Å²) in [6, 6.07) is 8.11. The van der Waals surface area contributed by atoms with Crippen LogP contribution in [-0.2, 0) is 14.8 Å². The molecule has 2 aliphatic heterocycles. The van der Waals surface area contributed by atoms with Gasteiger partial charge in [-0.1, -0.05) is 17.7 Å². The van der Waals surface area contributed by atoms with E-state index < -0.39 is 16.1 Å². The van der Waals surface area contributed by atoms with Gasteiger partial charge in [-0.05, 0) is 50.1 Å². The minimum atomic E-state index is -3.93. The number of carbonyl (C=O) groups is 2. The second-order valence-corrected chi connectivity index (χ2v) is 10.5. The Kier molecular flexibility index (Phi) is 6.26. The van der Waals surface area contributed by atoms with Gasteiger partial charge in [0.2, 0.25) is 10.0 Å². The minimum Gasteiger partial charge on any atom is -0.479 e. The number of benzene rings is 2. The van der Waals surface area contributed by atoms with Crippen LogP contribution in [0, 0.1) is 13.8 Å². The number of amides is 3. The summed E-state index contributed by atoms with van der Waals surface area (Å²) in [7, 11) is -3.93. The molecule has 2 aromatic carbocycles. The van der Waals surface area contributed by atoms with Crippen LogP contribution in [0.3, 0.4) is 0 Å². The Bertz CT molecular complexity index is 1230. The normalized spacial score (nSPS) is 18.8. The molecule has 2 aromatic rings. The van der Waals surface area contributed by atoms with E-state index in [0.29, 0.717) is 11.4 Å². The van der Waals surface area contributed by atoms with Gasteiger partial charge in [0.15, 0.2) is 6.10 Å². The molecule has 0 aliphatic carbocycles. The summed E-state index contributed by atoms with van der Waals surface area (Å²) in [6.07, 6.45) is -0.742. The lowest BCUT2D eigenvalue weighted by molar-refractivity contribution is -0.122. The van der Waals surface area contributed by atoms with Crippen LogP contribution in [0.1, 0.15) is 18.1 Å². The van der Waals surface area contributed by atoms with Crippen LogP contribution < -0.4 is 15.4 Å². The number of hydrogen-bond acceptors (Lipinski definition) is 5. The number of fused-ring (bicyclic) bond motifs is 1. The number of hydrogen-bond donors (Lipinski definition) is 2. The maximum absolute atomic E-state index is 13.3. The second-order valence-electron chi connectivity index (χ2n) is 8.15. The van der Waals surface area contributed by atoms with Crippen LogP contribution in [0.2, 0.25) is 5.02 Å². The van der Waals surface area contributed by atoms with Gasteiger partial charge in [0.25, 0.3) is 5.91 Å². The lowest BCUT2D eigenvalue weighted by Crippen LogP contribution is -2.51. The number of nitrogens with zero attached hydrogens (tertiary/aromatic N) is 2. The maximum atomic E-state index is 13.3. The number of aryl methyl sites for hydroxylation is 2. The maximum Gasteiger partial charge on any atom is 0.321 e. The van der Waals surface area contributed by atoms with Gasteiger partial charge < -0.3 is 20.3 Å². The zero-order valence-electron chi connectivity index (χ0n) is 18.5. The molecule has 33 heavy (non-hydrogen) atoms. The highest BCUT2D eigenvalue weighted by Gasteiger charge is 2.34. The summed E-state index contributed by atoms with van der Waals surface area (Å²) in [5, 5.41) is 5.50. The molecule has 3 amide bonds. The average Bonchev–Trinajstić information content (AvgIpc) is 2.77. The van der Waals surface area contributed by atoms with Crippen LogP contribution in [0.5, 0.6) is 5.75 Å². The summed E-state index contributed by atoms with van der Waals surface area (Å²) < 4.78 is 33.3. The summed E-state index contributed by atoms with van der Waals surface area (Å²) in [4.78, 5) is 25.9. The Morgan fingerprint density at radius 1 is 1.12 bits per heavy atom. The number of halogens is 1. The quantitative estimate of drug-likeness (QED) is 0.684. The molecule has 0 unspecified atom stereocenters. The number of ether oxygens (including phenoxy) is 1. The molecule has 1 fully saturated rings. The van der Waals surface area contributed by atoms with Gasteiger partial charge in [0.05, 0.1) is 10.7 Å². The van der Waals surface area contributed by atoms with E-state index in [2.05, 4.69) is 10.6 Å². The molecule has 0 bridgehead atoms. The molecule has 11 heteroatoms. The van der Waals surface area contributed by atoms with Crippen molar-refractivity contribution in [3.63, 3.8) is 0 Å². The van der Waals surface area contributed by atoms with Gasteiger partial charge in [-0.15, -0.1) is 0 Å². The van der Waals surface area contributed by atoms with Gasteiger partial charge in [-0.25, -0.2) is 13.2 Å². The van der Waals surface area contributed by atoms with E-state index in [1.54, 1.807) is 11.8 Å². The fourth-order valence-electron chi connectivity index (χ4n) is 3.70. The van der Waals surface area contributed by atoms with Crippen molar-refractivity contribution < 1.29 is 22.7 Å². The third kappa shape index (κ3) is 4.64. The number of rotatable bonds is 3. The SMILES string of the molecule is Cc1ccc(NC(=O)N2CCN(S(=O)(=O)c3cc4c(cc3Cl)NC(=O)[C@@H](C)O4)CC2)cc1C. The molecule has 9 nitrogen and oxygen atoms in total. The molecule has 1 saturated heterocycles. The van der Waals surface area contributed by atoms with Crippen molar-refractivity contribution in [2.45, 2.75) is 31.8 Å². The average molecular weight is 493 g/mol. The monoisotopic (exact) mass is 492 g/mol. The van der Waals surface area contributed by atoms with Gasteiger partial charge in [-0.3, -0.25) is 4.79 Å². The van der Waals surface area contributed by atoms with E-state index >= 15 is 0 Å². The second kappa shape index (κ2) is 8.85. The Hall–Kier alpha value is -2.82. The highest BCUT2D eigenvalue weighted by Crippen LogP contribution is 2.38. The van der Waals surface area contributed by atoms with Crippen LogP contribution >= 0.6 is 11.6 Å². The largest absolute Gasteiger partial charge is 0.479 e. The Morgan fingerprint density at radius 2 is 1.82 bits per heavy atom. The fraction of sp³-hybridized carbons (Fsp3) is 0.364. The van der Waals surface area contributed by atoms with Crippen LogP contribution in [-0.4, -0.2) is 61.8 Å². The molecule has 176 valence electrons. The number of anilines is 2. The molecule has 2 heterocycles. The van der Waals surface area contributed by atoms with Crippen molar-refractivity contribution in [3.8, 4) is 5.75 Å².